The zero-order valence-electron chi connectivity index (χ0n) is 11.0. The van der Waals surface area contributed by atoms with Crippen LogP contribution in [0.2, 0.25) is 0 Å². The molecule has 1 N–H and O–H groups in total. The minimum Gasteiger partial charge on any atom is -0.335 e. The molecule has 1 fully saturated rings. The van der Waals surface area contributed by atoms with Crippen molar-refractivity contribution in [2.24, 2.45) is 0 Å². The number of rotatable bonds is 1. The summed E-state index contributed by atoms with van der Waals surface area (Å²) in [6.07, 6.45) is 0. The Bertz CT molecular complexity index is 451. The van der Waals surface area contributed by atoms with Crippen molar-refractivity contribution >= 4 is 5.91 Å². The zero-order chi connectivity index (χ0) is 13.3. The van der Waals surface area contributed by atoms with Crippen molar-refractivity contribution in [3.8, 4) is 0 Å². The van der Waals surface area contributed by atoms with Gasteiger partial charge in [0, 0.05) is 25.2 Å². The second kappa shape index (κ2) is 5.06. The van der Waals surface area contributed by atoms with Gasteiger partial charge in [-0.1, -0.05) is 11.6 Å². The van der Waals surface area contributed by atoms with Crippen LogP contribution in [0.1, 0.15) is 29.8 Å². The summed E-state index contributed by atoms with van der Waals surface area (Å²) in [4.78, 5) is 14.0. The lowest BCUT2D eigenvalue weighted by atomic mass is 10.1. The van der Waals surface area contributed by atoms with Crippen LogP contribution in [0.5, 0.6) is 0 Å². The molecule has 0 bridgehead atoms. The highest BCUT2D eigenvalue weighted by Gasteiger charge is 2.26. The molecule has 0 aromatic heterocycles. The van der Waals surface area contributed by atoms with Gasteiger partial charge in [0.2, 0.25) is 0 Å². The van der Waals surface area contributed by atoms with Crippen molar-refractivity contribution in [3.63, 3.8) is 0 Å². The number of aryl methyl sites for hydroxylation is 1. The number of hydrogen-bond acceptors (Lipinski definition) is 2. The maximum atomic E-state index is 13.7. The van der Waals surface area contributed by atoms with Gasteiger partial charge in [-0.3, -0.25) is 4.79 Å². The molecule has 0 unspecified atom stereocenters. The summed E-state index contributed by atoms with van der Waals surface area (Å²) in [5, 5.41) is 3.35. The Kier molecular flexibility index (Phi) is 3.66. The van der Waals surface area contributed by atoms with Gasteiger partial charge >= 0.3 is 0 Å². The van der Waals surface area contributed by atoms with E-state index in [-0.39, 0.29) is 23.6 Å². The van der Waals surface area contributed by atoms with Crippen LogP contribution in [0.3, 0.4) is 0 Å². The van der Waals surface area contributed by atoms with E-state index in [9.17, 15) is 9.18 Å². The predicted molar refractivity (Wildman–Crippen MR) is 69.1 cm³/mol. The molecule has 1 amide bonds. The van der Waals surface area contributed by atoms with Crippen LogP contribution in [-0.2, 0) is 0 Å². The van der Waals surface area contributed by atoms with Gasteiger partial charge in [0.25, 0.3) is 5.91 Å². The molecule has 1 aliphatic rings. The number of nitrogens with zero attached hydrogens (tertiary/aromatic N) is 1. The van der Waals surface area contributed by atoms with Crippen LogP contribution < -0.4 is 5.32 Å². The fourth-order valence-electron chi connectivity index (χ4n) is 2.47. The van der Waals surface area contributed by atoms with E-state index in [2.05, 4.69) is 5.32 Å². The number of benzene rings is 1. The first-order chi connectivity index (χ1) is 8.47. The molecule has 0 saturated carbocycles. The zero-order valence-corrected chi connectivity index (χ0v) is 11.0. The van der Waals surface area contributed by atoms with Crippen LogP contribution >= 0.6 is 0 Å². The number of piperazine rings is 1. The summed E-state index contributed by atoms with van der Waals surface area (Å²) in [7, 11) is 0. The normalized spacial score (nSPS) is 24.1. The van der Waals surface area contributed by atoms with Crippen molar-refractivity contribution in [1.29, 1.82) is 0 Å². The Morgan fingerprint density at radius 2 is 1.94 bits per heavy atom. The van der Waals surface area contributed by atoms with Crippen molar-refractivity contribution in [3.05, 3.63) is 35.1 Å². The molecule has 18 heavy (non-hydrogen) atoms. The largest absolute Gasteiger partial charge is 0.335 e. The maximum Gasteiger partial charge on any atom is 0.256 e. The van der Waals surface area contributed by atoms with Gasteiger partial charge in [0.1, 0.15) is 5.82 Å². The monoisotopic (exact) mass is 250 g/mol. The standard InChI is InChI=1S/C14H19FN2O/c1-9-4-5-13(15)12(6-9)14(18)17-7-10(2)16-11(3)8-17/h4-6,10-11,16H,7-8H2,1-3H3/t10-,11-/m1/s1. The lowest BCUT2D eigenvalue weighted by Gasteiger charge is -2.36. The quantitative estimate of drug-likeness (QED) is 0.826. The molecule has 0 aliphatic carbocycles. The Labute approximate surface area is 107 Å². The highest BCUT2D eigenvalue weighted by Crippen LogP contribution is 2.15. The van der Waals surface area contributed by atoms with Gasteiger partial charge in [0.15, 0.2) is 0 Å². The molecule has 4 heteroatoms. The smallest absolute Gasteiger partial charge is 0.256 e. The third-order valence-corrected chi connectivity index (χ3v) is 3.20. The maximum absolute atomic E-state index is 13.7. The van der Waals surface area contributed by atoms with E-state index in [4.69, 9.17) is 0 Å². The minimum atomic E-state index is -0.440. The molecule has 1 aromatic carbocycles. The lowest BCUT2D eigenvalue weighted by Crippen LogP contribution is -2.55. The number of carbonyl (C=O) groups excluding carboxylic acids is 1. The average molecular weight is 250 g/mol. The average Bonchev–Trinajstić information content (AvgIpc) is 2.30. The summed E-state index contributed by atoms with van der Waals surface area (Å²) in [6, 6.07) is 5.14. The first-order valence-corrected chi connectivity index (χ1v) is 6.29. The van der Waals surface area contributed by atoms with Gasteiger partial charge in [-0.05, 0) is 32.9 Å². The summed E-state index contributed by atoms with van der Waals surface area (Å²) in [5.74, 6) is -0.652. The van der Waals surface area contributed by atoms with Crippen molar-refractivity contribution < 1.29 is 9.18 Å². The molecule has 1 aromatic rings. The topological polar surface area (TPSA) is 32.3 Å². The summed E-state index contributed by atoms with van der Waals surface area (Å²) >= 11 is 0. The van der Waals surface area contributed by atoms with Crippen LogP contribution in [0.15, 0.2) is 18.2 Å². The third-order valence-electron chi connectivity index (χ3n) is 3.20. The number of hydrogen-bond donors (Lipinski definition) is 1. The molecular formula is C14H19FN2O. The molecule has 1 heterocycles. The summed E-state index contributed by atoms with van der Waals surface area (Å²) in [5.41, 5.74) is 1.08. The van der Waals surface area contributed by atoms with Crippen LogP contribution in [0.4, 0.5) is 4.39 Å². The van der Waals surface area contributed by atoms with Gasteiger partial charge < -0.3 is 10.2 Å². The molecule has 1 aliphatic heterocycles. The van der Waals surface area contributed by atoms with E-state index >= 15 is 0 Å². The second-order valence-corrected chi connectivity index (χ2v) is 5.16. The van der Waals surface area contributed by atoms with E-state index in [1.807, 2.05) is 20.8 Å². The minimum absolute atomic E-state index is 0.177. The SMILES string of the molecule is Cc1ccc(F)c(C(=O)N2C[C@@H](C)N[C@H](C)C2)c1. The van der Waals surface area contributed by atoms with Crippen LogP contribution in [0.25, 0.3) is 0 Å². The molecule has 1 saturated heterocycles. The van der Waals surface area contributed by atoms with Crippen LogP contribution in [-0.4, -0.2) is 36.0 Å². The molecule has 0 radical (unpaired) electrons. The van der Waals surface area contributed by atoms with E-state index in [0.717, 1.165) is 5.56 Å². The van der Waals surface area contributed by atoms with E-state index in [1.165, 1.54) is 6.07 Å². The Balaban J connectivity index is 2.22. The van der Waals surface area contributed by atoms with E-state index in [0.29, 0.717) is 13.1 Å². The third kappa shape index (κ3) is 2.70. The van der Waals surface area contributed by atoms with Crippen LogP contribution in [0, 0.1) is 12.7 Å². The number of nitrogens with one attached hydrogen (secondary N) is 1. The summed E-state index contributed by atoms with van der Waals surface area (Å²) < 4.78 is 13.7. The van der Waals surface area contributed by atoms with Crippen molar-refractivity contribution in [1.82, 2.24) is 10.2 Å². The van der Waals surface area contributed by atoms with Gasteiger partial charge in [0.05, 0.1) is 5.56 Å². The number of amides is 1. The molecule has 98 valence electrons. The molecule has 2 atom stereocenters. The second-order valence-electron chi connectivity index (χ2n) is 5.16. The Morgan fingerprint density at radius 1 is 1.33 bits per heavy atom. The highest BCUT2D eigenvalue weighted by molar-refractivity contribution is 5.94. The van der Waals surface area contributed by atoms with Crippen molar-refractivity contribution in [2.45, 2.75) is 32.9 Å². The Hall–Kier alpha value is -1.42. The van der Waals surface area contributed by atoms with Gasteiger partial charge in [-0.2, -0.15) is 0 Å². The van der Waals surface area contributed by atoms with E-state index < -0.39 is 5.82 Å². The molecule has 3 nitrogen and oxygen atoms in total. The fourth-order valence-corrected chi connectivity index (χ4v) is 2.47. The first-order valence-electron chi connectivity index (χ1n) is 6.29. The highest BCUT2D eigenvalue weighted by atomic mass is 19.1. The lowest BCUT2D eigenvalue weighted by molar-refractivity contribution is 0.0669. The summed E-state index contributed by atoms with van der Waals surface area (Å²) in [6.45, 7) is 7.16. The molecule has 0 spiro atoms. The van der Waals surface area contributed by atoms with E-state index in [1.54, 1.807) is 17.0 Å². The predicted octanol–water partition coefficient (Wildman–Crippen LogP) is 1.96. The molecular weight excluding hydrogens is 231 g/mol. The van der Waals surface area contributed by atoms with Gasteiger partial charge in [-0.25, -0.2) is 4.39 Å². The van der Waals surface area contributed by atoms with Gasteiger partial charge in [-0.15, -0.1) is 0 Å². The fraction of sp³-hybridized carbons (Fsp3) is 0.500. The number of carbonyl (C=O) groups is 1. The number of halogens is 1. The first kappa shape index (κ1) is 13.0. The van der Waals surface area contributed by atoms with Crippen molar-refractivity contribution in [2.75, 3.05) is 13.1 Å². The molecule has 2 rings (SSSR count). The Morgan fingerprint density at radius 3 is 2.56 bits per heavy atom.